The molecule has 6 aromatic carbocycles. The van der Waals surface area contributed by atoms with Crippen molar-refractivity contribution >= 4 is 10.8 Å². The third-order valence-corrected chi connectivity index (χ3v) is 15.9. The van der Waals surface area contributed by atoms with Gasteiger partial charge >= 0.3 is 51.4 Å². The molecule has 0 fully saturated rings. The van der Waals surface area contributed by atoms with E-state index in [1.54, 1.807) is 34.5 Å². The maximum Gasteiger partial charge on any atom is 1.00 e. The van der Waals surface area contributed by atoms with Crippen molar-refractivity contribution in [1.82, 2.24) is 9.80 Å². The predicted octanol–water partition coefficient (Wildman–Crippen LogP) is 2.79. The van der Waals surface area contributed by atoms with Crippen LogP contribution in [-0.4, -0.2) is 81.9 Å². The van der Waals surface area contributed by atoms with E-state index in [1.807, 2.05) is 24.4 Å². The number of phenols is 2. The minimum Gasteiger partial charge on any atom is -1.00 e. The molecule has 75 heavy (non-hydrogen) atoms. The van der Waals surface area contributed by atoms with Crippen LogP contribution in [0.1, 0.15) is 63.6 Å². The normalized spacial score (nSPS) is 18.1. The van der Waals surface area contributed by atoms with E-state index in [-0.39, 0.29) is 83.5 Å². The molecule has 0 saturated heterocycles. The maximum absolute atomic E-state index is 10.5. The van der Waals surface area contributed by atoms with Gasteiger partial charge in [0.15, 0.2) is 81.7 Å². The first-order valence-corrected chi connectivity index (χ1v) is 24.9. The Morgan fingerprint density at radius 2 is 1.03 bits per heavy atom. The molecule has 9 heterocycles. The monoisotopic (exact) mass is 1060 g/mol. The van der Waals surface area contributed by atoms with Gasteiger partial charge in [-0.3, -0.25) is 9.80 Å². The smallest absolute Gasteiger partial charge is 1.00 e. The summed E-state index contributed by atoms with van der Waals surface area (Å²) in [5.41, 5.74) is 13.7. The molecule has 15 rings (SSSR count). The Hall–Kier alpha value is -5.82. The number of phenolic OH excluding ortho intramolecular Hbond substituents is 2. The molecule has 0 saturated carbocycles. The molecule has 2 unspecified atom stereocenters. The number of aryl methyl sites for hydroxylation is 2. The number of hydrogen-bond acceptors (Lipinski definition) is 14. The molecule has 0 amide bonds. The molecule has 0 bridgehead atoms. The number of fused-ring (bicyclic) bond motifs is 15. The predicted molar refractivity (Wildman–Crippen MR) is 269 cm³/mol. The van der Waals surface area contributed by atoms with Crippen LogP contribution in [0.25, 0.3) is 22.0 Å². The van der Waals surface area contributed by atoms with Crippen molar-refractivity contribution in [3.63, 3.8) is 0 Å². The molecule has 17 heteroatoms. The van der Waals surface area contributed by atoms with E-state index in [0.717, 1.165) is 138 Å². The SMILES string of the molecule is COc1ccc2c(c1O)CN1CCc3cc4c(cc3C1C2)OCO4.COc1ccc2c(c1OC)CN1CCc3cc4c(cc3C1C2)OCO4.COc1ccc2cc3[n+](cc2c1O)CCc1cc2c(cc1-3)OCO2.[Cl-].[H-].[K+]. The Bertz CT molecular complexity index is 3400. The number of benzene rings is 6. The summed E-state index contributed by atoms with van der Waals surface area (Å²) in [6.07, 6.45) is 6.80. The van der Waals surface area contributed by atoms with Crippen LogP contribution in [0.15, 0.2) is 85.1 Å². The molecule has 2 atom stereocenters. The summed E-state index contributed by atoms with van der Waals surface area (Å²) in [5, 5.41) is 22.6. The zero-order valence-corrected chi connectivity index (χ0v) is 46.5. The third kappa shape index (κ3) is 9.00. The van der Waals surface area contributed by atoms with Gasteiger partial charge in [-0.2, -0.15) is 4.57 Å². The van der Waals surface area contributed by atoms with Gasteiger partial charge in [-0.25, -0.2) is 0 Å². The van der Waals surface area contributed by atoms with E-state index in [4.69, 9.17) is 47.4 Å². The van der Waals surface area contributed by atoms with Gasteiger partial charge in [0.05, 0.1) is 39.4 Å². The van der Waals surface area contributed by atoms with Gasteiger partial charge in [-0.1, -0.05) is 12.1 Å². The first-order valence-electron chi connectivity index (χ1n) is 24.9. The number of hydrogen-bond donors (Lipinski definition) is 2. The number of pyridine rings is 1. The summed E-state index contributed by atoms with van der Waals surface area (Å²) >= 11 is 0. The van der Waals surface area contributed by atoms with Crippen molar-refractivity contribution in [3.05, 3.63) is 135 Å². The van der Waals surface area contributed by atoms with E-state index >= 15 is 0 Å². The molecule has 0 aliphatic carbocycles. The number of nitrogens with zero attached hydrogens (tertiary/aromatic N) is 3. The van der Waals surface area contributed by atoms with Crippen LogP contribution in [-0.2, 0) is 51.7 Å². The van der Waals surface area contributed by atoms with E-state index in [2.05, 4.69) is 69.0 Å². The van der Waals surface area contributed by atoms with Gasteiger partial charge in [0.1, 0.15) is 0 Å². The molecule has 0 radical (unpaired) electrons. The molecule has 384 valence electrons. The average molecular weight is 1060 g/mol. The van der Waals surface area contributed by atoms with Gasteiger partial charge < -0.3 is 71.4 Å². The van der Waals surface area contributed by atoms with Crippen LogP contribution in [0.2, 0.25) is 0 Å². The molecular formula is C58H57ClKN3O12. The molecule has 1 aromatic heterocycles. The summed E-state index contributed by atoms with van der Waals surface area (Å²) in [6.45, 7) is 5.42. The Morgan fingerprint density at radius 3 is 1.60 bits per heavy atom. The Balaban J connectivity index is 0.000000127. The van der Waals surface area contributed by atoms with Crippen molar-refractivity contribution in [1.29, 1.82) is 0 Å². The molecule has 8 aliphatic heterocycles. The minimum atomic E-state index is 0. The molecule has 2 N–H and O–H groups in total. The fourth-order valence-corrected chi connectivity index (χ4v) is 12.1. The van der Waals surface area contributed by atoms with Crippen molar-refractivity contribution in [2.45, 2.75) is 63.8 Å². The standard InChI is InChI=1S/C20H21NO4.C19H19NO4.C19H15NO4.ClH.K.H/c1-22-17-4-3-12-7-16-14-9-19-18(24-11-25-19)8-13(14)5-6-21(16)10-15(12)20(17)23-2;2*1-22-16-3-2-11-6-15-13-8-18-17(23-10-24-18)7-12(13)4-5-20(15)9-14(11)19(16)21;;;/h3-4,8-9,16H,5-7,10-11H2,1-2H3;2-3,7-8,15,21H,4-6,9-10H2,1H3;2-3,6-9H,4-5,10H2,1H3;1H;;/q;;;;+1;-1. The van der Waals surface area contributed by atoms with Crippen molar-refractivity contribution in [2.24, 2.45) is 0 Å². The number of ether oxygens (including phenoxy) is 10. The quantitative estimate of drug-likeness (QED) is 0.197. The van der Waals surface area contributed by atoms with Gasteiger partial charge in [0.25, 0.3) is 0 Å². The number of rotatable bonds is 4. The minimum absolute atomic E-state index is 0. The van der Waals surface area contributed by atoms with Crippen molar-refractivity contribution < 1.29 is 127 Å². The van der Waals surface area contributed by atoms with Crippen molar-refractivity contribution in [3.8, 4) is 80.3 Å². The summed E-state index contributed by atoms with van der Waals surface area (Å²) in [4.78, 5) is 4.97. The molecular weight excluding hydrogens is 1010 g/mol. The number of methoxy groups -OCH3 is 4. The first kappa shape index (κ1) is 51.3. The molecule has 15 nitrogen and oxygen atoms in total. The zero-order chi connectivity index (χ0) is 49.5. The van der Waals surface area contributed by atoms with Crippen LogP contribution in [0.5, 0.6) is 69.0 Å². The fraction of sp³-hybridized carbons (Fsp3) is 0.328. The first-order chi connectivity index (χ1) is 35.8. The molecule has 0 spiro atoms. The second kappa shape index (κ2) is 21.0. The van der Waals surface area contributed by atoms with Crippen LogP contribution >= 0.6 is 0 Å². The largest absolute Gasteiger partial charge is 1.00 e. The number of halogens is 1. The second-order valence-electron chi connectivity index (χ2n) is 19.5. The van der Waals surface area contributed by atoms with E-state index < -0.39 is 0 Å². The Kier molecular flexibility index (Phi) is 14.3. The van der Waals surface area contributed by atoms with Gasteiger partial charge in [-0.05, 0) is 131 Å². The van der Waals surface area contributed by atoms with Crippen LogP contribution in [0.4, 0.5) is 0 Å². The molecule has 7 aromatic rings. The Morgan fingerprint density at radius 1 is 0.533 bits per heavy atom. The maximum atomic E-state index is 10.5. The number of aromatic hydroxyl groups is 2. The molecule has 8 aliphatic rings. The van der Waals surface area contributed by atoms with Gasteiger partial charge in [-0.15, -0.1) is 0 Å². The van der Waals surface area contributed by atoms with Crippen molar-refractivity contribution in [2.75, 3.05) is 61.9 Å². The summed E-state index contributed by atoms with van der Waals surface area (Å²) in [7, 11) is 6.56. The average Bonchev–Trinajstić information content (AvgIpc) is 4.22. The zero-order valence-electron chi connectivity index (χ0n) is 43.6. The summed E-state index contributed by atoms with van der Waals surface area (Å²) in [5.74, 6) is 8.26. The third-order valence-electron chi connectivity index (χ3n) is 15.9. The van der Waals surface area contributed by atoms with E-state index in [1.165, 1.54) is 44.5 Å². The summed E-state index contributed by atoms with van der Waals surface area (Å²) < 4.78 is 57.0. The second-order valence-corrected chi connectivity index (χ2v) is 19.5. The van der Waals surface area contributed by atoms with Gasteiger partial charge in [0.2, 0.25) is 26.1 Å². The van der Waals surface area contributed by atoms with Crippen LogP contribution in [0.3, 0.4) is 0 Å². The van der Waals surface area contributed by atoms with Crippen LogP contribution in [0, 0.1) is 0 Å². The van der Waals surface area contributed by atoms with Gasteiger partial charge in [0, 0.05) is 61.9 Å². The fourth-order valence-electron chi connectivity index (χ4n) is 12.1. The number of aromatic nitrogens is 1. The topological polar surface area (TPSA) is 143 Å². The van der Waals surface area contributed by atoms with E-state index in [9.17, 15) is 10.2 Å². The Labute approximate surface area is 485 Å². The van der Waals surface area contributed by atoms with Crippen LogP contribution < -0.4 is 116 Å². The van der Waals surface area contributed by atoms with E-state index in [0.29, 0.717) is 37.2 Å². The summed E-state index contributed by atoms with van der Waals surface area (Å²) in [6, 6.07) is 27.4.